The van der Waals surface area contributed by atoms with Crippen LogP contribution in [-0.4, -0.2) is 24.9 Å². The largest absolute Gasteiger partial charge is 0.433 e. The smallest absolute Gasteiger partial charge is 0.346 e. The van der Waals surface area contributed by atoms with Gasteiger partial charge in [-0.05, 0) is 30.7 Å². The van der Waals surface area contributed by atoms with Crippen LogP contribution < -0.4 is 5.32 Å². The predicted octanol–water partition coefficient (Wildman–Crippen LogP) is 4.62. The molecule has 0 aliphatic carbocycles. The lowest BCUT2D eigenvalue weighted by molar-refractivity contribution is -0.141. The van der Waals surface area contributed by atoms with Crippen LogP contribution in [0.5, 0.6) is 0 Å². The summed E-state index contributed by atoms with van der Waals surface area (Å²) in [7, 11) is 0. The Kier molecular flexibility index (Phi) is 4.17. The second-order valence-corrected chi connectivity index (χ2v) is 5.98. The number of aromatic nitrogens is 5. The number of rotatable bonds is 3. The van der Waals surface area contributed by atoms with E-state index >= 15 is 0 Å². The van der Waals surface area contributed by atoms with Gasteiger partial charge in [0.15, 0.2) is 11.6 Å². The number of aromatic amines is 1. The fraction of sp³-hybridized carbons (Fsp3) is 0.111. The summed E-state index contributed by atoms with van der Waals surface area (Å²) in [4.78, 5) is 18.8. The molecule has 0 fully saturated rings. The van der Waals surface area contributed by atoms with Crippen molar-refractivity contribution in [2.45, 2.75) is 13.1 Å². The quantitative estimate of drug-likeness (QED) is 0.501. The van der Waals surface area contributed by atoms with E-state index in [9.17, 15) is 17.6 Å². The molecule has 28 heavy (non-hydrogen) atoms. The van der Waals surface area contributed by atoms with E-state index in [1.165, 1.54) is 24.4 Å². The second kappa shape index (κ2) is 6.55. The summed E-state index contributed by atoms with van der Waals surface area (Å²) in [5, 5.41) is 3.45. The Bertz CT molecular complexity index is 1170. The van der Waals surface area contributed by atoms with Gasteiger partial charge >= 0.3 is 6.18 Å². The number of H-pyrrole nitrogens is 1. The molecule has 2 N–H and O–H groups in total. The van der Waals surface area contributed by atoms with Gasteiger partial charge in [-0.2, -0.15) is 13.2 Å². The van der Waals surface area contributed by atoms with Crippen LogP contribution in [0.3, 0.4) is 0 Å². The van der Waals surface area contributed by atoms with Gasteiger partial charge < -0.3 is 10.3 Å². The molecule has 4 aromatic rings. The van der Waals surface area contributed by atoms with Crippen LogP contribution in [0.1, 0.15) is 11.3 Å². The minimum atomic E-state index is -4.59. The van der Waals surface area contributed by atoms with Gasteiger partial charge in [0.1, 0.15) is 22.9 Å². The lowest BCUT2D eigenvalue weighted by Gasteiger charge is -2.11. The molecule has 142 valence electrons. The van der Waals surface area contributed by atoms with Crippen molar-refractivity contribution in [2.75, 3.05) is 5.32 Å². The summed E-state index contributed by atoms with van der Waals surface area (Å²) in [6, 6.07) is 4.90. The van der Waals surface area contributed by atoms with Crippen molar-refractivity contribution in [1.29, 1.82) is 0 Å². The third kappa shape index (κ3) is 3.24. The number of nitrogens with zero attached hydrogens (tertiary/aromatic N) is 4. The molecule has 0 bridgehead atoms. The zero-order valence-electron chi connectivity index (χ0n) is 14.3. The highest BCUT2D eigenvalue weighted by Crippen LogP contribution is 2.31. The topological polar surface area (TPSA) is 79.4 Å². The van der Waals surface area contributed by atoms with Gasteiger partial charge in [0.25, 0.3) is 0 Å². The van der Waals surface area contributed by atoms with Crippen LogP contribution in [0.15, 0.2) is 42.9 Å². The van der Waals surface area contributed by atoms with Crippen molar-refractivity contribution in [3.8, 4) is 11.5 Å². The summed E-state index contributed by atoms with van der Waals surface area (Å²) in [5.74, 6) is -0.387. The van der Waals surface area contributed by atoms with Crippen LogP contribution in [0.4, 0.5) is 29.1 Å². The van der Waals surface area contributed by atoms with Gasteiger partial charge in [-0.25, -0.2) is 19.3 Å². The molecule has 0 aliphatic heterocycles. The summed E-state index contributed by atoms with van der Waals surface area (Å²) >= 11 is 0. The van der Waals surface area contributed by atoms with Crippen molar-refractivity contribution in [3.05, 3.63) is 59.9 Å². The number of hydrogen-bond donors (Lipinski definition) is 2. The normalized spacial score (nSPS) is 11.8. The van der Waals surface area contributed by atoms with Crippen LogP contribution in [-0.2, 0) is 6.18 Å². The minimum absolute atomic E-state index is 0.0302. The van der Waals surface area contributed by atoms with E-state index in [2.05, 4.69) is 30.2 Å². The molecule has 0 saturated carbocycles. The van der Waals surface area contributed by atoms with Gasteiger partial charge in [-0.1, -0.05) is 6.07 Å². The van der Waals surface area contributed by atoms with E-state index in [0.717, 1.165) is 17.8 Å². The number of fused-ring (bicyclic) bond motifs is 1. The lowest BCUT2D eigenvalue weighted by Crippen LogP contribution is -2.09. The van der Waals surface area contributed by atoms with E-state index in [1.54, 1.807) is 13.1 Å². The van der Waals surface area contributed by atoms with E-state index in [1.807, 2.05) is 0 Å². The monoisotopic (exact) mass is 388 g/mol. The van der Waals surface area contributed by atoms with Gasteiger partial charge in [-0.15, -0.1) is 0 Å². The first kappa shape index (κ1) is 17.8. The maximum Gasteiger partial charge on any atom is 0.433 e. The summed E-state index contributed by atoms with van der Waals surface area (Å²) in [5.41, 5.74) is 0.195. The molecule has 6 nitrogen and oxygen atoms in total. The first-order valence-electron chi connectivity index (χ1n) is 8.10. The van der Waals surface area contributed by atoms with Crippen molar-refractivity contribution in [3.63, 3.8) is 0 Å². The summed E-state index contributed by atoms with van der Waals surface area (Å²) < 4.78 is 52.9. The van der Waals surface area contributed by atoms with Gasteiger partial charge in [-0.3, -0.25) is 4.98 Å². The van der Waals surface area contributed by atoms with Gasteiger partial charge in [0.05, 0.1) is 17.3 Å². The Balaban J connectivity index is 1.87. The standard InChI is InChI=1S/C18H12F4N6/c1-9-7-24-16-14(9)17(26-11-5-6-23-8-10(11)19)28-15(27-16)12-3-2-4-13(25-12)18(20,21)22/h2-8H,1H3,(H2,23,24,26,27,28). The molecule has 4 heterocycles. The number of aryl methyl sites for hydroxylation is 1. The fourth-order valence-electron chi connectivity index (χ4n) is 2.71. The van der Waals surface area contributed by atoms with Crippen molar-refractivity contribution >= 4 is 22.5 Å². The van der Waals surface area contributed by atoms with Crippen molar-refractivity contribution in [2.24, 2.45) is 0 Å². The van der Waals surface area contributed by atoms with Gasteiger partial charge in [0.2, 0.25) is 0 Å². The van der Waals surface area contributed by atoms with Crippen LogP contribution in [0.2, 0.25) is 0 Å². The van der Waals surface area contributed by atoms with E-state index in [4.69, 9.17) is 0 Å². The zero-order valence-corrected chi connectivity index (χ0v) is 14.3. The Morgan fingerprint density at radius 1 is 1.07 bits per heavy atom. The Morgan fingerprint density at radius 2 is 1.89 bits per heavy atom. The first-order chi connectivity index (χ1) is 13.3. The maximum absolute atomic E-state index is 14.0. The molecular formula is C18H12F4N6. The second-order valence-electron chi connectivity index (χ2n) is 5.98. The van der Waals surface area contributed by atoms with Crippen LogP contribution >= 0.6 is 0 Å². The Labute approximate surface area is 155 Å². The summed E-state index contributed by atoms with van der Waals surface area (Å²) in [6.07, 6.45) is -0.468. The molecule has 10 heteroatoms. The number of pyridine rings is 2. The van der Waals surface area contributed by atoms with Crippen molar-refractivity contribution in [1.82, 2.24) is 24.9 Å². The third-order valence-corrected chi connectivity index (χ3v) is 4.02. The SMILES string of the molecule is Cc1c[nH]c2nc(-c3cccc(C(F)(F)F)n3)nc(Nc3ccncc3F)c12. The highest BCUT2D eigenvalue weighted by atomic mass is 19.4. The number of nitrogens with one attached hydrogen (secondary N) is 2. The average Bonchev–Trinajstić information content (AvgIpc) is 3.04. The molecule has 0 radical (unpaired) electrons. The molecule has 4 rings (SSSR count). The number of halogens is 4. The van der Waals surface area contributed by atoms with Crippen molar-refractivity contribution < 1.29 is 17.6 Å². The van der Waals surface area contributed by atoms with Crippen LogP contribution in [0, 0.1) is 12.7 Å². The number of alkyl halides is 3. The Morgan fingerprint density at radius 3 is 2.64 bits per heavy atom. The third-order valence-electron chi connectivity index (χ3n) is 4.02. The zero-order chi connectivity index (χ0) is 19.9. The maximum atomic E-state index is 14.0. The van der Waals surface area contributed by atoms with E-state index in [0.29, 0.717) is 11.0 Å². The molecule has 0 amide bonds. The van der Waals surface area contributed by atoms with E-state index in [-0.39, 0.29) is 23.0 Å². The average molecular weight is 388 g/mol. The predicted molar refractivity (Wildman–Crippen MR) is 94.3 cm³/mol. The molecular weight excluding hydrogens is 376 g/mol. The number of hydrogen-bond acceptors (Lipinski definition) is 5. The molecule has 0 aliphatic rings. The summed E-state index contributed by atoms with van der Waals surface area (Å²) in [6.45, 7) is 1.80. The highest BCUT2D eigenvalue weighted by molar-refractivity contribution is 5.93. The molecule has 0 atom stereocenters. The highest BCUT2D eigenvalue weighted by Gasteiger charge is 2.32. The fourth-order valence-corrected chi connectivity index (χ4v) is 2.71. The molecule has 4 aromatic heterocycles. The lowest BCUT2D eigenvalue weighted by atomic mass is 10.2. The molecule has 0 aromatic carbocycles. The van der Waals surface area contributed by atoms with Gasteiger partial charge in [0, 0.05) is 12.4 Å². The molecule has 0 spiro atoms. The molecule has 0 saturated heterocycles. The molecule has 0 unspecified atom stereocenters. The first-order valence-corrected chi connectivity index (χ1v) is 8.10. The Hall–Kier alpha value is -3.56. The van der Waals surface area contributed by atoms with E-state index < -0.39 is 17.7 Å². The minimum Gasteiger partial charge on any atom is -0.346 e. The van der Waals surface area contributed by atoms with Crippen LogP contribution in [0.25, 0.3) is 22.6 Å². The number of anilines is 2.